The number of methoxy groups -OCH3 is 1. The molecule has 1 aromatic heterocycles. The normalized spacial score (nSPS) is 13.4. The molecule has 0 N–H and O–H groups in total. The number of ether oxygens (including phenoxy) is 2. The van der Waals surface area contributed by atoms with Crippen molar-refractivity contribution in [2.45, 2.75) is 0 Å². The number of hydrogen-bond donors (Lipinski definition) is 0. The fraction of sp³-hybridized carbons (Fsp3) is 0.222. The third-order valence-corrected chi connectivity index (χ3v) is 1.69. The minimum absolute atomic E-state index is 0.587. The van der Waals surface area contributed by atoms with Gasteiger partial charge in [-0.2, -0.15) is 4.98 Å². The van der Waals surface area contributed by atoms with Crippen LogP contribution in [0, 0.1) is 0 Å². The van der Waals surface area contributed by atoms with Gasteiger partial charge in [-0.3, -0.25) is 0 Å². The van der Waals surface area contributed by atoms with Crippen molar-refractivity contribution in [3.05, 3.63) is 23.8 Å². The average Bonchev–Trinajstić information content (AvgIpc) is 2.17. The SMILES string of the molecule is COc1ccc2c(n1)OCC=C2. The van der Waals surface area contributed by atoms with Crippen molar-refractivity contribution in [2.75, 3.05) is 13.7 Å². The molecule has 1 aliphatic rings. The van der Waals surface area contributed by atoms with E-state index in [2.05, 4.69) is 4.98 Å². The maximum Gasteiger partial charge on any atom is 0.224 e. The summed E-state index contributed by atoms with van der Waals surface area (Å²) in [4.78, 5) is 4.14. The molecule has 2 rings (SSSR count). The molecule has 3 heteroatoms. The van der Waals surface area contributed by atoms with E-state index in [0.717, 1.165) is 5.56 Å². The Bertz CT molecular complexity index is 320. The highest BCUT2D eigenvalue weighted by atomic mass is 16.5. The molecule has 0 saturated heterocycles. The molecule has 0 atom stereocenters. The van der Waals surface area contributed by atoms with Gasteiger partial charge in [-0.05, 0) is 12.1 Å². The van der Waals surface area contributed by atoms with E-state index in [9.17, 15) is 0 Å². The molecule has 12 heavy (non-hydrogen) atoms. The Morgan fingerprint density at radius 3 is 3.25 bits per heavy atom. The Labute approximate surface area is 70.6 Å². The standard InChI is InChI=1S/C9H9NO2/c1-11-8-5-4-7-3-2-6-12-9(7)10-8/h2-5H,6H2,1H3. The Kier molecular flexibility index (Phi) is 1.70. The lowest BCUT2D eigenvalue weighted by atomic mass is 10.2. The fourth-order valence-corrected chi connectivity index (χ4v) is 1.09. The summed E-state index contributed by atoms with van der Waals surface area (Å²) in [6.07, 6.45) is 3.95. The van der Waals surface area contributed by atoms with Crippen molar-refractivity contribution < 1.29 is 9.47 Å². The minimum atomic E-state index is 0.587. The van der Waals surface area contributed by atoms with Crippen LogP contribution < -0.4 is 9.47 Å². The highest BCUT2D eigenvalue weighted by Crippen LogP contribution is 2.23. The summed E-state index contributed by atoms with van der Waals surface area (Å²) < 4.78 is 10.3. The zero-order valence-electron chi connectivity index (χ0n) is 6.78. The van der Waals surface area contributed by atoms with Gasteiger partial charge in [-0.1, -0.05) is 6.08 Å². The first-order valence-corrected chi connectivity index (χ1v) is 3.74. The van der Waals surface area contributed by atoms with Crippen molar-refractivity contribution in [3.8, 4) is 11.8 Å². The van der Waals surface area contributed by atoms with Crippen molar-refractivity contribution in [3.63, 3.8) is 0 Å². The quantitative estimate of drug-likeness (QED) is 0.628. The molecule has 0 amide bonds. The number of pyridine rings is 1. The van der Waals surface area contributed by atoms with Crippen LogP contribution in [0.25, 0.3) is 6.08 Å². The van der Waals surface area contributed by atoms with Gasteiger partial charge in [0.15, 0.2) is 0 Å². The predicted molar refractivity (Wildman–Crippen MR) is 45.3 cm³/mol. The maximum absolute atomic E-state index is 5.29. The van der Waals surface area contributed by atoms with E-state index in [1.54, 1.807) is 7.11 Å². The molecular weight excluding hydrogens is 154 g/mol. The molecule has 0 unspecified atom stereocenters. The Hall–Kier alpha value is -1.51. The predicted octanol–water partition coefficient (Wildman–Crippen LogP) is 1.50. The van der Waals surface area contributed by atoms with Gasteiger partial charge in [0, 0.05) is 11.6 Å². The van der Waals surface area contributed by atoms with Gasteiger partial charge in [0.1, 0.15) is 6.61 Å². The third-order valence-electron chi connectivity index (χ3n) is 1.69. The van der Waals surface area contributed by atoms with Crippen LogP contribution in [0.15, 0.2) is 18.2 Å². The largest absolute Gasteiger partial charge is 0.481 e. The van der Waals surface area contributed by atoms with Crippen molar-refractivity contribution in [1.29, 1.82) is 0 Å². The van der Waals surface area contributed by atoms with Crippen LogP contribution in [-0.2, 0) is 0 Å². The van der Waals surface area contributed by atoms with Crippen LogP contribution in [0.5, 0.6) is 11.8 Å². The van der Waals surface area contributed by atoms with Crippen LogP contribution in [0.1, 0.15) is 5.56 Å². The van der Waals surface area contributed by atoms with Gasteiger partial charge >= 0.3 is 0 Å². The Balaban J connectivity index is 2.44. The van der Waals surface area contributed by atoms with Crippen LogP contribution in [0.2, 0.25) is 0 Å². The topological polar surface area (TPSA) is 31.4 Å². The summed E-state index contributed by atoms with van der Waals surface area (Å²) in [5, 5.41) is 0. The first kappa shape index (κ1) is 7.16. The summed E-state index contributed by atoms with van der Waals surface area (Å²) >= 11 is 0. The molecule has 0 spiro atoms. The number of hydrogen-bond acceptors (Lipinski definition) is 3. The molecule has 3 nitrogen and oxygen atoms in total. The molecule has 1 aliphatic heterocycles. The van der Waals surface area contributed by atoms with E-state index in [4.69, 9.17) is 9.47 Å². The van der Waals surface area contributed by atoms with E-state index < -0.39 is 0 Å². The van der Waals surface area contributed by atoms with Gasteiger partial charge in [-0.15, -0.1) is 0 Å². The maximum atomic E-state index is 5.29. The van der Waals surface area contributed by atoms with E-state index in [1.807, 2.05) is 24.3 Å². The third kappa shape index (κ3) is 1.13. The fourth-order valence-electron chi connectivity index (χ4n) is 1.09. The summed E-state index contributed by atoms with van der Waals surface area (Å²) in [6, 6.07) is 3.74. The molecule has 0 bridgehead atoms. The van der Waals surface area contributed by atoms with Gasteiger partial charge < -0.3 is 9.47 Å². The van der Waals surface area contributed by atoms with Crippen LogP contribution in [-0.4, -0.2) is 18.7 Å². The van der Waals surface area contributed by atoms with E-state index in [0.29, 0.717) is 18.4 Å². The van der Waals surface area contributed by atoms with Crippen LogP contribution >= 0.6 is 0 Å². The number of aromatic nitrogens is 1. The van der Waals surface area contributed by atoms with Gasteiger partial charge in [0.2, 0.25) is 11.8 Å². The molecule has 62 valence electrons. The van der Waals surface area contributed by atoms with E-state index in [1.165, 1.54) is 0 Å². The average molecular weight is 163 g/mol. The lowest BCUT2D eigenvalue weighted by molar-refractivity contribution is 0.330. The Morgan fingerprint density at radius 2 is 2.42 bits per heavy atom. The zero-order valence-corrected chi connectivity index (χ0v) is 6.78. The Morgan fingerprint density at radius 1 is 1.50 bits per heavy atom. The van der Waals surface area contributed by atoms with E-state index in [-0.39, 0.29) is 0 Å². The van der Waals surface area contributed by atoms with Gasteiger partial charge in [-0.25, -0.2) is 0 Å². The molecule has 1 aromatic rings. The molecule has 0 aliphatic carbocycles. The number of rotatable bonds is 1. The second-order valence-corrected chi connectivity index (χ2v) is 2.46. The summed E-state index contributed by atoms with van der Waals surface area (Å²) in [5.74, 6) is 1.24. The molecule has 0 aromatic carbocycles. The smallest absolute Gasteiger partial charge is 0.224 e. The molecule has 0 saturated carbocycles. The van der Waals surface area contributed by atoms with Gasteiger partial charge in [0.25, 0.3) is 0 Å². The molecular formula is C9H9NO2. The van der Waals surface area contributed by atoms with Gasteiger partial charge in [0.05, 0.1) is 7.11 Å². The monoisotopic (exact) mass is 163 g/mol. The minimum Gasteiger partial charge on any atom is -0.481 e. The summed E-state index contributed by atoms with van der Waals surface area (Å²) in [7, 11) is 1.59. The van der Waals surface area contributed by atoms with Crippen LogP contribution in [0.3, 0.4) is 0 Å². The first-order valence-electron chi connectivity index (χ1n) is 3.74. The molecule has 0 radical (unpaired) electrons. The lowest BCUT2D eigenvalue weighted by Crippen LogP contribution is -2.02. The zero-order chi connectivity index (χ0) is 8.39. The van der Waals surface area contributed by atoms with E-state index >= 15 is 0 Å². The molecule has 2 heterocycles. The summed E-state index contributed by atoms with van der Waals surface area (Å²) in [5.41, 5.74) is 1.00. The second kappa shape index (κ2) is 2.85. The number of fused-ring (bicyclic) bond motifs is 1. The lowest BCUT2D eigenvalue weighted by Gasteiger charge is -2.11. The van der Waals surface area contributed by atoms with Crippen molar-refractivity contribution in [1.82, 2.24) is 4.98 Å². The molecule has 0 fully saturated rings. The first-order chi connectivity index (χ1) is 5.90. The van der Waals surface area contributed by atoms with Crippen LogP contribution in [0.4, 0.5) is 0 Å². The number of nitrogens with zero attached hydrogens (tertiary/aromatic N) is 1. The summed E-state index contributed by atoms with van der Waals surface area (Å²) in [6.45, 7) is 0.590. The highest BCUT2D eigenvalue weighted by Gasteiger charge is 2.07. The van der Waals surface area contributed by atoms with Crippen molar-refractivity contribution >= 4 is 6.08 Å². The second-order valence-electron chi connectivity index (χ2n) is 2.46. The van der Waals surface area contributed by atoms with Crippen molar-refractivity contribution in [2.24, 2.45) is 0 Å². The highest BCUT2D eigenvalue weighted by molar-refractivity contribution is 5.57.